The maximum atomic E-state index is 12.1. The van der Waals surface area contributed by atoms with Gasteiger partial charge in [-0.3, -0.25) is 4.79 Å². The molecule has 1 aromatic rings. The van der Waals surface area contributed by atoms with Crippen molar-refractivity contribution < 1.29 is 28.6 Å². The average Bonchev–Trinajstić information content (AvgIpc) is 2.50. The van der Waals surface area contributed by atoms with Crippen molar-refractivity contribution in [3.05, 3.63) is 35.9 Å². The highest BCUT2D eigenvalue weighted by Crippen LogP contribution is 2.10. The number of esters is 1. The summed E-state index contributed by atoms with van der Waals surface area (Å²) in [6.07, 6.45) is -2.89. The zero-order valence-corrected chi connectivity index (χ0v) is 17.3. The smallest absolute Gasteiger partial charge is 0.409 e. The second-order valence-corrected chi connectivity index (χ2v) is 8.20. The van der Waals surface area contributed by atoms with Crippen LogP contribution in [0.5, 0.6) is 0 Å². The van der Waals surface area contributed by atoms with Crippen molar-refractivity contribution in [3.8, 4) is 0 Å². The molecule has 0 aliphatic rings. The average molecular weight is 394 g/mol. The second kappa shape index (κ2) is 9.96. The van der Waals surface area contributed by atoms with Crippen LogP contribution in [0.15, 0.2) is 30.3 Å². The van der Waals surface area contributed by atoms with Gasteiger partial charge in [-0.1, -0.05) is 30.3 Å². The van der Waals surface area contributed by atoms with Gasteiger partial charge >= 0.3 is 18.2 Å². The molecule has 28 heavy (non-hydrogen) atoms. The lowest BCUT2D eigenvalue weighted by molar-refractivity contribution is -0.155. The van der Waals surface area contributed by atoms with Crippen LogP contribution in [0, 0.1) is 0 Å². The molecule has 0 saturated carbocycles. The largest absolute Gasteiger partial charge is 0.460 e. The number of hydrogen-bond donors (Lipinski definition) is 2. The summed E-state index contributed by atoms with van der Waals surface area (Å²) in [5.74, 6) is -0.586. The summed E-state index contributed by atoms with van der Waals surface area (Å²) in [5, 5.41) is 4.89. The first kappa shape index (κ1) is 23.3. The Labute approximate surface area is 165 Å². The summed E-state index contributed by atoms with van der Waals surface area (Å²) in [6.45, 7) is 10.3. The van der Waals surface area contributed by atoms with Gasteiger partial charge in [0.25, 0.3) is 0 Å². The first-order valence-corrected chi connectivity index (χ1v) is 9.03. The number of hydrogen-bond acceptors (Lipinski definition) is 6. The summed E-state index contributed by atoms with van der Waals surface area (Å²) in [4.78, 5) is 36.2. The Morgan fingerprint density at radius 3 is 1.93 bits per heavy atom. The maximum absolute atomic E-state index is 12.1. The van der Waals surface area contributed by atoms with E-state index < -0.39 is 35.5 Å². The minimum atomic E-state index is -1.05. The van der Waals surface area contributed by atoms with Gasteiger partial charge in [-0.25, -0.2) is 9.59 Å². The molecule has 0 fully saturated rings. The van der Waals surface area contributed by atoms with Gasteiger partial charge in [0.1, 0.15) is 24.0 Å². The fourth-order valence-electron chi connectivity index (χ4n) is 2.04. The molecule has 156 valence electrons. The monoisotopic (exact) mass is 394 g/mol. The predicted octanol–water partition coefficient (Wildman–Crippen LogP) is 3.50. The van der Waals surface area contributed by atoms with E-state index >= 15 is 0 Å². The van der Waals surface area contributed by atoms with Gasteiger partial charge in [-0.15, -0.1) is 0 Å². The van der Waals surface area contributed by atoms with Crippen LogP contribution in [0.25, 0.3) is 0 Å². The molecule has 1 rings (SSSR count). The third-order valence-electron chi connectivity index (χ3n) is 2.99. The molecule has 1 atom stereocenters. The van der Waals surface area contributed by atoms with E-state index in [-0.39, 0.29) is 13.0 Å². The van der Waals surface area contributed by atoms with Crippen LogP contribution >= 0.6 is 0 Å². The summed E-state index contributed by atoms with van der Waals surface area (Å²) >= 11 is 0. The van der Waals surface area contributed by atoms with Gasteiger partial charge in [0.2, 0.25) is 0 Å². The first-order chi connectivity index (χ1) is 12.8. The molecule has 2 N–H and O–H groups in total. The lowest BCUT2D eigenvalue weighted by atomic mass is 10.2. The van der Waals surface area contributed by atoms with E-state index in [2.05, 4.69) is 10.6 Å². The Hall–Kier alpha value is -2.77. The highest BCUT2D eigenvalue weighted by molar-refractivity contribution is 5.75. The standard InChI is InChI=1S/C20H30N2O6/c1-19(2,3)27-16(23)12-15(22-18(25)28-20(4,5)6)21-17(24)26-13-14-10-8-7-9-11-14/h7-11,15H,12-13H2,1-6H3,(H,21,24)(H,22,25)/t15-/m0/s1. The van der Waals surface area contributed by atoms with Crippen molar-refractivity contribution in [2.75, 3.05) is 0 Å². The molecular formula is C20H30N2O6. The van der Waals surface area contributed by atoms with Gasteiger partial charge in [0, 0.05) is 0 Å². The molecule has 0 bridgehead atoms. The number of ether oxygens (including phenoxy) is 3. The summed E-state index contributed by atoms with van der Waals surface area (Å²) in [7, 11) is 0. The van der Waals surface area contributed by atoms with Crippen molar-refractivity contribution >= 4 is 18.2 Å². The Morgan fingerprint density at radius 2 is 1.39 bits per heavy atom. The van der Waals surface area contributed by atoms with Crippen LogP contribution < -0.4 is 10.6 Å². The fraction of sp³-hybridized carbons (Fsp3) is 0.550. The molecule has 0 radical (unpaired) electrons. The van der Waals surface area contributed by atoms with Gasteiger partial charge in [0.05, 0.1) is 6.42 Å². The Balaban J connectivity index is 2.68. The number of carbonyl (C=O) groups is 3. The zero-order valence-electron chi connectivity index (χ0n) is 17.3. The topological polar surface area (TPSA) is 103 Å². The van der Waals surface area contributed by atoms with Crippen LogP contribution in [-0.4, -0.2) is 35.5 Å². The third kappa shape index (κ3) is 11.1. The molecule has 8 heteroatoms. The van der Waals surface area contributed by atoms with Crippen LogP contribution in [0.1, 0.15) is 53.5 Å². The quantitative estimate of drug-likeness (QED) is 0.435. The van der Waals surface area contributed by atoms with Crippen LogP contribution in [0.2, 0.25) is 0 Å². The Bertz CT molecular complexity index is 632. The molecule has 8 nitrogen and oxygen atoms in total. The number of rotatable bonds is 6. The van der Waals surface area contributed by atoms with Gasteiger partial charge in [-0.2, -0.15) is 0 Å². The normalized spacial score (nSPS) is 12.5. The van der Waals surface area contributed by atoms with Crippen LogP contribution in [0.3, 0.4) is 0 Å². The van der Waals surface area contributed by atoms with Crippen molar-refractivity contribution in [1.82, 2.24) is 10.6 Å². The number of carbonyl (C=O) groups excluding carboxylic acids is 3. The van der Waals surface area contributed by atoms with Crippen molar-refractivity contribution in [3.63, 3.8) is 0 Å². The van der Waals surface area contributed by atoms with Gasteiger partial charge in [-0.05, 0) is 47.1 Å². The molecule has 0 aromatic heterocycles. The molecule has 0 unspecified atom stereocenters. The molecule has 0 aliphatic carbocycles. The number of nitrogens with one attached hydrogen (secondary N) is 2. The van der Waals surface area contributed by atoms with Crippen molar-refractivity contribution in [1.29, 1.82) is 0 Å². The highest BCUT2D eigenvalue weighted by atomic mass is 16.6. The molecule has 2 amide bonds. The van der Waals surface area contributed by atoms with Gasteiger partial charge < -0.3 is 24.8 Å². The fourth-order valence-corrected chi connectivity index (χ4v) is 2.04. The summed E-state index contributed by atoms with van der Waals surface area (Å²) in [5.41, 5.74) is -0.614. The van der Waals surface area contributed by atoms with Crippen molar-refractivity contribution in [2.24, 2.45) is 0 Å². The lowest BCUT2D eigenvalue weighted by Gasteiger charge is -2.25. The van der Waals surface area contributed by atoms with Crippen molar-refractivity contribution in [2.45, 2.75) is 71.9 Å². The Kier molecular flexibility index (Phi) is 8.28. The van der Waals surface area contributed by atoms with E-state index in [1.807, 2.05) is 30.3 Å². The highest BCUT2D eigenvalue weighted by Gasteiger charge is 2.25. The third-order valence-corrected chi connectivity index (χ3v) is 2.99. The van der Waals surface area contributed by atoms with E-state index in [1.165, 1.54) is 0 Å². The second-order valence-electron chi connectivity index (χ2n) is 8.20. The zero-order chi connectivity index (χ0) is 21.4. The molecule has 0 spiro atoms. The molecule has 0 saturated heterocycles. The number of benzene rings is 1. The van der Waals surface area contributed by atoms with Crippen LogP contribution in [0.4, 0.5) is 9.59 Å². The minimum absolute atomic E-state index is 0.0538. The number of alkyl carbamates (subject to hydrolysis) is 2. The SMILES string of the molecule is CC(C)(C)OC(=O)C[C@@H](NC(=O)OCc1ccccc1)NC(=O)OC(C)(C)C. The maximum Gasteiger partial charge on any atom is 0.409 e. The first-order valence-electron chi connectivity index (χ1n) is 9.03. The molecule has 0 aliphatic heterocycles. The van der Waals surface area contributed by atoms with E-state index in [9.17, 15) is 14.4 Å². The van der Waals surface area contributed by atoms with E-state index in [0.717, 1.165) is 5.56 Å². The predicted molar refractivity (Wildman–Crippen MR) is 103 cm³/mol. The summed E-state index contributed by atoms with van der Waals surface area (Å²) < 4.78 is 15.5. The van der Waals surface area contributed by atoms with E-state index in [4.69, 9.17) is 14.2 Å². The minimum Gasteiger partial charge on any atom is -0.460 e. The Morgan fingerprint density at radius 1 is 0.857 bits per heavy atom. The molecule has 1 aromatic carbocycles. The van der Waals surface area contributed by atoms with E-state index in [1.54, 1.807) is 41.5 Å². The summed E-state index contributed by atoms with van der Waals surface area (Å²) in [6, 6.07) is 9.12. The lowest BCUT2D eigenvalue weighted by Crippen LogP contribution is -2.50. The van der Waals surface area contributed by atoms with Crippen LogP contribution in [-0.2, 0) is 25.6 Å². The van der Waals surface area contributed by atoms with Gasteiger partial charge in [0.15, 0.2) is 0 Å². The molecular weight excluding hydrogens is 364 g/mol. The molecule has 0 heterocycles. The van der Waals surface area contributed by atoms with E-state index in [0.29, 0.717) is 0 Å². The number of amides is 2.